The van der Waals surface area contributed by atoms with Crippen LogP contribution in [0.1, 0.15) is 16.7 Å². The van der Waals surface area contributed by atoms with Crippen molar-refractivity contribution < 1.29 is 9.53 Å². The first-order chi connectivity index (χ1) is 13.1. The highest BCUT2D eigenvalue weighted by Gasteiger charge is 2.24. The molecule has 0 bridgehead atoms. The van der Waals surface area contributed by atoms with E-state index in [1.54, 1.807) is 12.1 Å². The molecule has 1 aliphatic rings. The molecule has 5 heteroatoms. The highest BCUT2D eigenvalue weighted by molar-refractivity contribution is 9.10. The van der Waals surface area contributed by atoms with Gasteiger partial charge < -0.3 is 10.1 Å². The number of hydrogen-bond acceptors (Lipinski definition) is 2. The van der Waals surface area contributed by atoms with Gasteiger partial charge in [0.1, 0.15) is 12.4 Å². The van der Waals surface area contributed by atoms with E-state index in [0.29, 0.717) is 17.2 Å². The zero-order chi connectivity index (χ0) is 18.8. The molecule has 0 fully saturated rings. The van der Waals surface area contributed by atoms with Crippen LogP contribution < -0.4 is 10.1 Å². The third kappa shape index (κ3) is 4.07. The third-order valence-corrected chi connectivity index (χ3v) is 5.04. The Morgan fingerprint density at radius 2 is 1.74 bits per heavy atom. The van der Waals surface area contributed by atoms with Gasteiger partial charge in [0.15, 0.2) is 0 Å². The number of anilines is 1. The lowest BCUT2D eigenvalue weighted by atomic mass is 10.0. The molecule has 0 radical (unpaired) electrons. The number of nitrogens with one attached hydrogen (secondary N) is 1. The van der Waals surface area contributed by atoms with Gasteiger partial charge in [-0.25, -0.2) is 0 Å². The van der Waals surface area contributed by atoms with Crippen molar-refractivity contribution in [3.05, 3.63) is 92.9 Å². The van der Waals surface area contributed by atoms with Gasteiger partial charge in [-0.3, -0.25) is 4.79 Å². The second-order valence-corrected chi connectivity index (χ2v) is 7.54. The van der Waals surface area contributed by atoms with E-state index in [4.69, 9.17) is 16.3 Å². The van der Waals surface area contributed by atoms with E-state index < -0.39 is 0 Å². The standard InChI is InChI=1S/C22H15BrClNO2/c23-16-5-1-15(2-6-16)13-27-18-8-3-14(4-9-18)11-20-19-12-17(24)7-10-21(19)25-22(20)26/h1-12H,13H2,(H,25,26)/b20-11-. The van der Waals surface area contributed by atoms with Crippen LogP contribution >= 0.6 is 27.5 Å². The quantitative estimate of drug-likeness (QED) is 0.492. The molecule has 4 rings (SSSR count). The lowest BCUT2D eigenvalue weighted by Gasteiger charge is -2.07. The maximum absolute atomic E-state index is 12.2. The Morgan fingerprint density at radius 3 is 2.48 bits per heavy atom. The number of ether oxygens (including phenoxy) is 1. The fourth-order valence-corrected chi connectivity index (χ4v) is 3.31. The van der Waals surface area contributed by atoms with Gasteiger partial charge >= 0.3 is 0 Å². The predicted molar refractivity (Wildman–Crippen MR) is 113 cm³/mol. The number of halogens is 2. The van der Waals surface area contributed by atoms with Crippen molar-refractivity contribution in [1.82, 2.24) is 0 Å². The van der Waals surface area contributed by atoms with Gasteiger partial charge in [0.2, 0.25) is 0 Å². The number of benzene rings is 3. The van der Waals surface area contributed by atoms with Crippen LogP contribution in [0.2, 0.25) is 5.02 Å². The molecule has 0 atom stereocenters. The summed E-state index contributed by atoms with van der Waals surface area (Å²) in [6.07, 6.45) is 1.86. The maximum Gasteiger partial charge on any atom is 0.256 e. The Morgan fingerprint density at radius 1 is 1.00 bits per heavy atom. The van der Waals surface area contributed by atoms with Crippen molar-refractivity contribution >= 4 is 50.8 Å². The number of rotatable bonds is 4. The second-order valence-electron chi connectivity index (χ2n) is 6.19. The highest BCUT2D eigenvalue weighted by atomic mass is 79.9. The van der Waals surface area contributed by atoms with E-state index >= 15 is 0 Å². The summed E-state index contributed by atoms with van der Waals surface area (Å²) in [5, 5.41) is 3.46. The minimum Gasteiger partial charge on any atom is -0.489 e. The summed E-state index contributed by atoms with van der Waals surface area (Å²) in [4.78, 5) is 12.2. The van der Waals surface area contributed by atoms with Crippen molar-refractivity contribution in [2.45, 2.75) is 6.61 Å². The molecule has 3 nitrogen and oxygen atoms in total. The Bertz CT molecular complexity index is 1030. The van der Waals surface area contributed by atoms with Gasteiger partial charge in [-0.1, -0.05) is 51.8 Å². The number of carbonyl (C=O) groups excluding carboxylic acids is 1. The first-order valence-electron chi connectivity index (χ1n) is 8.39. The average Bonchev–Trinajstić information content (AvgIpc) is 2.97. The molecular weight excluding hydrogens is 426 g/mol. The number of hydrogen-bond donors (Lipinski definition) is 1. The van der Waals surface area contributed by atoms with E-state index in [2.05, 4.69) is 21.2 Å². The molecular formula is C22H15BrClNO2. The minimum absolute atomic E-state index is 0.122. The SMILES string of the molecule is O=C1Nc2ccc(Cl)cc2/C1=C/c1ccc(OCc2ccc(Br)cc2)cc1. The van der Waals surface area contributed by atoms with Gasteiger partial charge in [0, 0.05) is 26.3 Å². The van der Waals surface area contributed by atoms with Crippen LogP contribution in [-0.4, -0.2) is 5.91 Å². The van der Waals surface area contributed by atoms with E-state index in [9.17, 15) is 4.79 Å². The molecule has 1 aliphatic heterocycles. The summed E-state index contributed by atoms with van der Waals surface area (Å²) in [5.41, 5.74) is 4.23. The van der Waals surface area contributed by atoms with Crippen molar-refractivity contribution in [1.29, 1.82) is 0 Å². The zero-order valence-corrected chi connectivity index (χ0v) is 16.5. The summed E-state index contributed by atoms with van der Waals surface area (Å²) in [5.74, 6) is 0.655. The van der Waals surface area contributed by atoms with Crippen molar-refractivity contribution in [3.8, 4) is 5.75 Å². The average molecular weight is 441 g/mol. The van der Waals surface area contributed by atoms with E-state index in [0.717, 1.165) is 32.6 Å². The van der Waals surface area contributed by atoms with Crippen LogP contribution in [0.5, 0.6) is 5.75 Å². The topological polar surface area (TPSA) is 38.3 Å². The largest absolute Gasteiger partial charge is 0.489 e. The van der Waals surface area contributed by atoms with Crippen LogP contribution in [-0.2, 0) is 11.4 Å². The van der Waals surface area contributed by atoms with Crippen molar-refractivity contribution in [3.63, 3.8) is 0 Å². The molecule has 0 spiro atoms. The van der Waals surface area contributed by atoms with Gasteiger partial charge in [0.05, 0.1) is 0 Å². The Hall–Kier alpha value is -2.56. The Kier molecular flexibility index (Phi) is 5.01. The van der Waals surface area contributed by atoms with Crippen LogP contribution in [0.4, 0.5) is 5.69 Å². The van der Waals surface area contributed by atoms with Gasteiger partial charge in [-0.15, -0.1) is 0 Å². The van der Waals surface area contributed by atoms with Crippen LogP contribution in [0.15, 0.2) is 71.2 Å². The molecule has 0 aromatic heterocycles. The Labute approximate surface area is 170 Å². The Balaban J connectivity index is 1.50. The lowest BCUT2D eigenvalue weighted by molar-refractivity contribution is -0.110. The lowest BCUT2D eigenvalue weighted by Crippen LogP contribution is -2.03. The maximum atomic E-state index is 12.2. The molecule has 1 amide bonds. The number of amides is 1. The number of fused-ring (bicyclic) bond motifs is 1. The minimum atomic E-state index is -0.122. The summed E-state index contributed by atoms with van der Waals surface area (Å²) in [7, 11) is 0. The van der Waals surface area contributed by atoms with Crippen LogP contribution in [0.3, 0.4) is 0 Å². The fourth-order valence-electron chi connectivity index (χ4n) is 2.88. The fraction of sp³-hybridized carbons (Fsp3) is 0.0455. The van der Waals surface area contributed by atoms with Crippen LogP contribution in [0, 0.1) is 0 Å². The third-order valence-electron chi connectivity index (χ3n) is 4.27. The second kappa shape index (κ2) is 7.59. The molecule has 1 N–H and O–H groups in total. The summed E-state index contributed by atoms with van der Waals surface area (Å²) in [6.45, 7) is 0.502. The normalized spacial score (nSPS) is 14.1. The van der Waals surface area contributed by atoms with Gasteiger partial charge in [0.25, 0.3) is 5.91 Å². The predicted octanol–water partition coefficient (Wildman–Crippen LogP) is 6.17. The summed E-state index contributed by atoms with van der Waals surface area (Å²) >= 11 is 9.49. The molecule has 1 heterocycles. The summed E-state index contributed by atoms with van der Waals surface area (Å²) < 4.78 is 6.86. The van der Waals surface area contributed by atoms with Crippen molar-refractivity contribution in [2.24, 2.45) is 0 Å². The highest BCUT2D eigenvalue weighted by Crippen LogP contribution is 2.35. The molecule has 0 saturated heterocycles. The molecule has 0 saturated carbocycles. The molecule has 3 aromatic rings. The van der Waals surface area contributed by atoms with Gasteiger partial charge in [-0.05, 0) is 59.7 Å². The molecule has 0 unspecified atom stereocenters. The summed E-state index contributed by atoms with van der Waals surface area (Å²) in [6, 6.07) is 21.1. The molecule has 134 valence electrons. The molecule has 27 heavy (non-hydrogen) atoms. The van der Waals surface area contributed by atoms with E-state index in [-0.39, 0.29) is 5.91 Å². The van der Waals surface area contributed by atoms with E-state index in [1.165, 1.54) is 0 Å². The smallest absolute Gasteiger partial charge is 0.256 e. The first-order valence-corrected chi connectivity index (χ1v) is 9.56. The van der Waals surface area contributed by atoms with Crippen molar-refractivity contribution in [2.75, 3.05) is 5.32 Å². The van der Waals surface area contributed by atoms with Gasteiger partial charge in [-0.2, -0.15) is 0 Å². The first kappa shape index (κ1) is 17.8. The van der Waals surface area contributed by atoms with E-state index in [1.807, 2.05) is 60.7 Å². The monoisotopic (exact) mass is 439 g/mol. The molecule has 0 aliphatic carbocycles. The van der Waals surface area contributed by atoms with Crippen LogP contribution in [0.25, 0.3) is 11.6 Å². The number of carbonyl (C=O) groups is 1. The zero-order valence-electron chi connectivity index (χ0n) is 14.2. The molecule has 3 aromatic carbocycles.